The fourth-order valence-electron chi connectivity index (χ4n) is 6.75. The zero-order chi connectivity index (χ0) is 28.9. The van der Waals surface area contributed by atoms with Crippen LogP contribution in [0.3, 0.4) is 0 Å². The molecule has 5 unspecified atom stereocenters. The summed E-state index contributed by atoms with van der Waals surface area (Å²) >= 11 is 0. The van der Waals surface area contributed by atoms with E-state index < -0.39 is 0 Å². The Balaban J connectivity index is 0.00000229. The number of rotatable bonds is 11. The molecule has 0 aromatic heterocycles. The smallest absolute Gasteiger partial charge is 0.00297 e. The molecule has 1 aliphatic rings. The average Bonchev–Trinajstić information content (AvgIpc) is 2.85. The van der Waals surface area contributed by atoms with Crippen LogP contribution in [0.25, 0.3) is 0 Å². The quantitative estimate of drug-likeness (QED) is 0.203. The van der Waals surface area contributed by atoms with Crippen LogP contribution in [0.1, 0.15) is 120 Å². The summed E-state index contributed by atoms with van der Waals surface area (Å²) in [6.07, 6.45) is 17.5. The molecule has 1 aromatic rings. The minimum atomic E-state index is 0.278. The van der Waals surface area contributed by atoms with Gasteiger partial charge < -0.3 is 0 Å². The molecular weight excluding hydrogens is 456 g/mol. The molecule has 2 rings (SSSR count). The van der Waals surface area contributed by atoms with Crippen molar-refractivity contribution < 1.29 is 0 Å². The molecule has 5 atom stereocenters. The van der Waals surface area contributed by atoms with E-state index in [1.165, 1.54) is 66.4 Å². The first kappa shape index (κ1) is 34.0. The molecule has 1 fully saturated rings. The maximum Gasteiger partial charge on any atom is -0.00297 e. The van der Waals surface area contributed by atoms with Gasteiger partial charge in [0.25, 0.3) is 0 Å². The van der Waals surface area contributed by atoms with Gasteiger partial charge in [0.05, 0.1) is 0 Å². The van der Waals surface area contributed by atoms with Gasteiger partial charge in [-0.3, -0.25) is 0 Å². The van der Waals surface area contributed by atoms with Crippen molar-refractivity contribution in [2.24, 2.45) is 35.0 Å². The lowest BCUT2D eigenvalue weighted by molar-refractivity contribution is 0.173. The lowest BCUT2D eigenvalue weighted by Crippen LogP contribution is -2.24. The van der Waals surface area contributed by atoms with Crippen molar-refractivity contribution in [1.29, 1.82) is 0 Å². The first-order valence-corrected chi connectivity index (χ1v) is 15.3. The molecule has 0 spiro atoms. The highest BCUT2D eigenvalue weighted by Crippen LogP contribution is 2.40. The Hall–Kier alpha value is -2.00. The molecule has 0 amide bonds. The summed E-state index contributed by atoms with van der Waals surface area (Å²) in [7, 11) is 0. The van der Waals surface area contributed by atoms with E-state index in [2.05, 4.69) is 111 Å². The largest absolute Gasteiger partial charge is 0.120 e. The number of hydrogen-bond acceptors (Lipinski definition) is 0. The van der Waals surface area contributed by atoms with Crippen LogP contribution in [-0.4, -0.2) is 0 Å². The summed E-state index contributed by atoms with van der Waals surface area (Å²) in [5.74, 6) is 5.88. The van der Waals surface area contributed by atoms with E-state index in [4.69, 9.17) is 6.58 Å². The van der Waals surface area contributed by atoms with Crippen molar-refractivity contribution in [3.05, 3.63) is 70.8 Å². The number of allylic oxidation sites excluding steroid dienone is 5. The summed E-state index contributed by atoms with van der Waals surface area (Å²) < 4.78 is 0. The van der Waals surface area contributed by atoms with Crippen LogP contribution in [0, 0.1) is 47.3 Å². The molecule has 38 heavy (non-hydrogen) atoms. The van der Waals surface area contributed by atoms with Gasteiger partial charge in [-0.2, -0.15) is 0 Å². The third kappa shape index (κ3) is 11.4. The number of terminal acetylenes is 1. The van der Waals surface area contributed by atoms with E-state index in [0.717, 1.165) is 30.6 Å². The normalized spacial score (nSPS) is 21.2. The Kier molecular flexibility index (Phi) is 15.1. The van der Waals surface area contributed by atoms with Crippen molar-refractivity contribution >= 4 is 0 Å². The van der Waals surface area contributed by atoms with Crippen molar-refractivity contribution in [2.75, 3.05) is 0 Å². The second-order valence-electron chi connectivity index (χ2n) is 13.4. The molecule has 0 nitrogen and oxygen atoms in total. The predicted octanol–water partition coefficient (Wildman–Crippen LogP) is 11.6. The van der Waals surface area contributed by atoms with Crippen LogP contribution in [0.2, 0.25) is 0 Å². The molecule has 1 saturated carbocycles. The molecule has 0 aliphatic heterocycles. The van der Waals surface area contributed by atoms with Gasteiger partial charge in [-0.15, -0.1) is 12.3 Å². The zero-order valence-electron chi connectivity index (χ0n) is 26.8. The average molecular weight is 517 g/mol. The van der Waals surface area contributed by atoms with Gasteiger partial charge in [0.15, 0.2) is 0 Å². The lowest BCUT2D eigenvalue weighted by Gasteiger charge is -2.34. The maximum absolute atomic E-state index is 4.72. The van der Waals surface area contributed by atoms with Crippen molar-refractivity contribution in [3.8, 4) is 12.3 Å². The first-order chi connectivity index (χ1) is 17.9. The third-order valence-electron chi connectivity index (χ3n) is 8.62. The minimum Gasteiger partial charge on any atom is -0.120 e. The highest BCUT2D eigenvalue weighted by atomic mass is 14.3. The van der Waals surface area contributed by atoms with Crippen LogP contribution in [-0.2, 0) is 6.42 Å². The Labute approximate surface area is 238 Å². The molecule has 212 valence electrons. The summed E-state index contributed by atoms with van der Waals surface area (Å²) in [6, 6.07) is 11.0. The first-order valence-electron chi connectivity index (χ1n) is 15.3. The summed E-state index contributed by atoms with van der Waals surface area (Å²) in [6.45, 7) is 27.9. The van der Waals surface area contributed by atoms with Gasteiger partial charge in [0, 0.05) is 0 Å². The Morgan fingerprint density at radius 1 is 1.05 bits per heavy atom. The topological polar surface area (TPSA) is 0 Å². The molecular formula is C38H60. The maximum atomic E-state index is 4.72. The minimum absolute atomic E-state index is 0.278. The van der Waals surface area contributed by atoms with E-state index in [-0.39, 0.29) is 5.41 Å². The van der Waals surface area contributed by atoms with Gasteiger partial charge in [-0.1, -0.05) is 116 Å². The summed E-state index contributed by atoms with van der Waals surface area (Å²) in [5, 5.41) is 0. The molecule has 0 heterocycles. The summed E-state index contributed by atoms with van der Waals surface area (Å²) in [5.41, 5.74) is 7.54. The van der Waals surface area contributed by atoms with Crippen molar-refractivity contribution in [1.82, 2.24) is 0 Å². The fraction of sp³-hybridized carbons (Fsp3) is 0.632. The van der Waals surface area contributed by atoms with Gasteiger partial charge in [-0.25, -0.2) is 0 Å². The van der Waals surface area contributed by atoms with Crippen LogP contribution >= 0.6 is 0 Å². The number of benzene rings is 1. The highest BCUT2D eigenvalue weighted by molar-refractivity contribution is 5.49. The van der Waals surface area contributed by atoms with Gasteiger partial charge in [0.1, 0.15) is 0 Å². The monoisotopic (exact) mass is 516 g/mol. The van der Waals surface area contributed by atoms with Crippen LogP contribution in [0.4, 0.5) is 0 Å². The molecule has 0 saturated heterocycles. The van der Waals surface area contributed by atoms with Crippen molar-refractivity contribution in [2.45, 2.75) is 121 Å². The van der Waals surface area contributed by atoms with Crippen molar-refractivity contribution in [3.63, 3.8) is 0 Å². The van der Waals surface area contributed by atoms with Gasteiger partial charge >= 0.3 is 0 Å². The second-order valence-corrected chi connectivity index (χ2v) is 13.4. The molecule has 1 aromatic carbocycles. The SMILES string of the molecule is C#CC.C=C(C(=C/C)/C(=C(/C)CC(C)(C)C)C(C)Cc1ccccc1)C(C)CCC(C)C1CCCCC1C. The molecule has 0 N–H and O–H groups in total. The van der Waals surface area contributed by atoms with E-state index in [1.54, 1.807) is 6.92 Å². The Morgan fingerprint density at radius 2 is 1.63 bits per heavy atom. The fourth-order valence-corrected chi connectivity index (χ4v) is 6.75. The molecule has 0 bridgehead atoms. The molecule has 1 aliphatic carbocycles. The van der Waals surface area contributed by atoms with Gasteiger partial charge in [-0.05, 0) is 110 Å². The standard InChI is InChI=1S/C35H56.C3H4/c1-11-32(30(7)25(2)21-22-27(4)33-20-16-15-17-26(33)3)34(29(6)24-35(8,9)10)28(5)23-31-18-13-12-14-19-31;1-3-2/h11-14,18-19,25-28,33H,7,15-17,20-24H2,1-6,8-10H3;1H,2H3/b32-11-,34-29-;. The molecule has 0 radical (unpaired) electrons. The zero-order valence-corrected chi connectivity index (χ0v) is 26.8. The van der Waals surface area contributed by atoms with Gasteiger partial charge in [0.2, 0.25) is 0 Å². The van der Waals surface area contributed by atoms with Crippen LogP contribution in [0.15, 0.2) is 65.3 Å². The summed E-state index contributed by atoms with van der Waals surface area (Å²) in [4.78, 5) is 0. The Morgan fingerprint density at radius 3 is 2.16 bits per heavy atom. The second kappa shape index (κ2) is 16.9. The van der Waals surface area contributed by atoms with E-state index in [0.29, 0.717) is 11.8 Å². The predicted molar refractivity (Wildman–Crippen MR) is 172 cm³/mol. The van der Waals surface area contributed by atoms with Crippen LogP contribution < -0.4 is 0 Å². The molecule has 0 heteroatoms. The van der Waals surface area contributed by atoms with E-state index in [9.17, 15) is 0 Å². The highest BCUT2D eigenvalue weighted by Gasteiger charge is 2.28. The third-order valence-corrected chi connectivity index (χ3v) is 8.62. The van der Waals surface area contributed by atoms with E-state index in [1.807, 2.05) is 0 Å². The number of hydrogen-bond donors (Lipinski definition) is 0. The van der Waals surface area contributed by atoms with Crippen LogP contribution in [0.5, 0.6) is 0 Å². The Bertz CT molecular complexity index is 926. The van der Waals surface area contributed by atoms with E-state index >= 15 is 0 Å². The lowest BCUT2D eigenvalue weighted by atomic mass is 9.71.